The van der Waals surface area contributed by atoms with Crippen molar-refractivity contribution in [2.45, 2.75) is 26.2 Å². The van der Waals surface area contributed by atoms with Gasteiger partial charge >= 0.3 is 6.09 Å². The SMILES string of the molecule is CCOC(=O)N1CCN(CCCCC(N)=S)CC1. The van der Waals surface area contributed by atoms with Crippen LogP contribution in [0.1, 0.15) is 26.2 Å². The molecule has 0 saturated carbocycles. The van der Waals surface area contributed by atoms with Crippen LogP contribution in [0, 0.1) is 0 Å². The van der Waals surface area contributed by atoms with Crippen molar-refractivity contribution >= 4 is 23.3 Å². The Morgan fingerprint density at radius 3 is 2.50 bits per heavy atom. The van der Waals surface area contributed by atoms with Gasteiger partial charge in [-0.2, -0.15) is 0 Å². The maximum absolute atomic E-state index is 11.5. The van der Waals surface area contributed by atoms with Crippen LogP contribution < -0.4 is 5.73 Å². The number of hydrogen-bond acceptors (Lipinski definition) is 4. The van der Waals surface area contributed by atoms with Gasteiger partial charge in [-0.05, 0) is 32.7 Å². The number of amides is 1. The van der Waals surface area contributed by atoms with Gasteiger partial charge in [0.2, 0.25) is 0 Å². The topological polar surface area (TPSA) is 58.8 Å². The van der Waals surface area contributed by atoms with Gasteiger partial charge in [-0.15, -0.1) is 0 Å². The lowest BCUT2D eigenvalue weighted by Gasteiger charge is -2.33. The molecule has 6 heteroatoms. The molecule has 1 aliphatic heterocycles. The number of nitrogens with two attached hydrogens (primary N) is 1. The molecule has 1 saturated heterocycles. The van der Waals surface area contributed by atoms with Crippen molar-refractivity contribution in [1.29, 1.82) is 0 Å². The Bertz CT molecular complexity index is 278. The molecule has 1 rings (SSSR count). The highest BCUT2D eigenvalue weighted by molar-refractivity contribution is 7.80. The molecule has 5 nitrogen and oxygen atoms in total. The summed E-state index contributed by atoms with van der Waals surface area (Å²) in [5, 5.41) is 0. The van der Waals surface area contributed by atoms with Gasteiger partial charge in [0.15, 0.2) is 0 Å². The molecule has 1 aliphatic rings. The predicted octanol–water partition coefficient (Wildman–Crippen LogP) is 1.22. The summed E-state index contributed by atoms with van der Waals surface area (Å²) < 4.78 is 4.98. The normalized spacial score (nSPS) is 16.6. The largest absolute Gasteiger partial charge is 0.450 e. The second-order valence-corrected chi connectivity index (χ2v) is 4.98. The second kappa shape index (κ2) is 8.26. The van der Waals surface area contributed by atoms with E-state index in [1.54, 1.807) is 4.90 Å². The van der Waals surface area contributed by atoms with Crippen LogP contribution in [0.5, 0.6) is 0 Å². The molecule has 0 spiro atoms. The Morgan fingerprint density at radius 1 is 1.28 bits per heavy atom. The Labute approximate surface area is 114 Å². The summed E-state index contributed by atoms with van der Waals surface area (Å²) >= 11 is 4.84. The summed E-state index contributed by atoms with van der Waals surface area (Å²) in [6.07, 6.45) is 2.80. The highest BCUT2D eigenvalue weighted by Crippen LogP contribution is 2.06. The van der Waals surface area contributed by atoms with Crippen LogP contribution in [0.4, 0.5) is 4.79 Å². The average molecular weight is 273 g/mol. The zero-order chi connectivity index (χ0) is 13.4. The number of carbonyl (C=O) groups is 1. The van der Waals surface area contributed by atoms with Crippen molar-refractivity contribution in [2.75, 3.05) is 39.3 Å². The first-order chi connectivity index (χ1) is 8.63. The van der Waals surface area contributed by atoms with E-state index in [-0.39, 0.29) is 6.09 Å². The number of rotatable bonds is 6. The molecule has 0 aliphatic carbocycles. The van der Waals surface area contributed by atoms with Gasteiger partial charge in [0.1, 0.15) is 0 Å². The fraction of sp³-hybridized carbons (Fsp3) is 0.833. The van der Waals surface area contributed by atoms with Crippen molar-refractivity contribution in [2.24, 2.45) is 5.73 Å². The van der Waals surface area contributed by atoms with Crippen LogP contribution in [0.25, 0.3) is 0 Å². The zero-order valence-corrected chi connectivity index (χ0v) is 11.9. The first kappa shape index (κ1) is 15.2. The van der Waals surface area contributed by atoms with Crippen molar-refractivity contribution in [3.8, 4) is 0 Å². The highest BCUT2D eigenvalue weighted by Gasteiger charge is 2.21. The van der Waals surface area contributed by atoms with Crippen molar-refractivity contribution < 1.29 is 9.53 Å². The van der Waals surface area contributed by atoms with Crippen LogP contribution >= 0.6 is 12.2 Å². The van der Waals surface area contributed by atoms with E-state index in [1.165, 1.54) is 0 Å². The number of thiocarbonyl (C=S) groups is 1. The van der Waals surface area contributed by atoms with Crippen LogP contribution in [-0.4, -0.2) is 60.2 Å². The van der Waals surface area contributed by atoms with Crippen LogP contribution in [0.3, 0.4) is 0 Å². The van der Waals surface area contributed by atoms with Gasteiger partial charge in [0.25, 0.3) is 0 Å². The number of ether oxygens (including phenoxy) is 1. The third-order valence-corrected chi connectivity index (χ3v) is 3.25. The molecule has 18 heavy (non-hydrogen) atoms. The molecule has 0 atom stereocenters. The molecule has 0 aromatic carbocycles. The molecular weight excluding hydrogens is 250 g/mol. The van der Waals surface area contributed by atoms with Gasteiger partial charge in [-0.3, -0.25) is 4.90 Å². The minimum atomic E-state index is -0.189. The van der Waals surface area contributed by atoms with E-state index in [2.05, 4.69) is 4.90 Å². The Hall–Kier alpha value is -0.880. The zero-order valence-electron chi connectivity index (χ0n) is 11.1. The third kappa shape index (κ3) is 5.64. The minimum Gasteiger partial charge on any atom is -0.450 e. The maximum atomic E-state index is 11.5. The molecule has 0 radical (unpaired) electrons. The van der Waals surface area contributed by atoms with E-state index in [4.69, 9.17) is 22.7 Å². The van der Waals surface area contributed by atoms with E-state index in [9.17, 15) is 4.79 Å². The van der Waals surface area contributed by atoms with Crippen molar-refractivity contribution in [1.82, 2.24) is 9.80 Å². The van der Waals surface area contributed by atoms with E-state index < -0.39 is 0 Å². The Kier molecular flexibility index (Phi) is 6.97. The summed E-state index contributed by atoms with van der Waals surface area (Å²) in [4.78, 5) is 16.2. The van der Waals surface area contributed by atoms with Gasteiger partial charge in [-0.25, -0.2) is 4.79 Å². The van der Waals surface area contributed by atoms with Gasteiger partial charge < -0.3 is 15.4 Å². The predicted molar refractivity (Wildman–Crippen MR) is 75.7 cm³/mol. The molecule has 0 unspecified atom stereocenters. The molecule has 1 amide bonds. The molecule has 1 fully saturated rings. The second-order valence-electron chi connectivity index (χ2n) is 4.45. The van der Waals surface area contributed by atoms with Crippen LogP contribution in [-0.2, 0) is 4.74 Å². The smallest absolute Gasteiger partial charge is 0.409 e. The van der Waals surface area contributed by atoms with Gasteiger partial charge in [0, 0.05) is 26.2 Å². The average Bonchev–Trinajstić information content (AvgIpc) is 2.35. The van der Waals surface area contributed by atoms with E-state index in [0.717, 1.165) is 52.0 Å². The van der Waals surface area contributed by atoms with E-state index in [1.807, 2.05) is 6.92 Å². The lowest BCUT2D eigenvalue weighted by Crippen LogP contribution is -2.49. The number of piperazine rings is 1. The van der Waals surface area contributed by atoms with E-state index >= 15 is 0 Å². The monoisotopic (exact) mass is 273 g/mol. The summed E-state index contributed by atoms with van der Waals surface area (Å²) in [6, 6.07) is 0. The fourth-order valence-electron chi connectivity index (χ4n) is 2.00. The van der Waals surface area contributed by atoms with Crippen LogP contribution in [0.2, 0.25) is 0 Å². The fourth-order valence-corrected chi connectivity index (χ4v) is 2.15. The third-order valence-electron chi connectivity index (χ3n) is 3.05. The molecule has 0 bridgehead atoms. The first-order valence-corrected chi connectivity index (χ1v) is 6.96. The number of nitrogens with zero attached hydrogens (tertiary/aromatic N) is 2. The van der Waals surface area contributed by atoms with Gasteiger partial charge in [0.05, 0.1) is 11.6 Å². The number of hydrogen-bond donors (Lipinski definition) is 1. The molecule has 0 aromatic rings. The lowest BCUT2D eigenvalue weighted by atomic mass is 10.2. The maximum Gasteiger partial charge on any atom is 0.409 e. The van der Waals surface area contributed by atoms with Crippen LogP contribution in [0.15, 0.2) is 0 Å². The lowest BCUT2D eigenvalue weighted by molar-refractivity contribution is 0.0793. The summed E-state index contributed by atoms with van der Waals surface area (Å²) in [5.41, 5.74) is 5.45. The van der Waals surface area contributed by atoms with E-state index in [0.29, 0.717) is 11.6 Å². The minimum absolute atomic E-state index is 0.189. The molecule has 2 N–H and O–H groups in total. The molecule has 104 valence electrons. The first-order valence-electron chi connectivity index (χ1n) is 6.56. The number of unbranched alkanes of at least 4 members (excludes halogenated alkanes) is 1. The van der Waals surface area contributed by atoms with Crippen molar-refractivity contribution in [3.63, 3.8) is 0 Å². The number of carbonyl (C=O) groups excluding carboxylic acids is 1. The molecule has 1 heterocycles. The summed E-state index contributed by atoms with van der Waals surface area (Å²) in [5.74, 6) is 0. The quantitative estimate of drug-likeness (QED) is 0.582. The molecular formula is C12H23N3O2S. The Morgan fingerprint density at radius 2 is 1.94 bits per heavy atom. The highest BCUT2D eigenvalue weighted by atomic mass is 32.1. The molecule has 0 aromatic heterocycles. The Balaban J connectivity index is 2.11. The van der Waals surface area contributed by atoms with Crippen molar-refractivity contribution in [3.05, 3.63) is 0 Å². The summed E-state index contributed by atoms with van der Waals surface area (Å²) in [7, 11) is 0. The van der Waals surface area contributed by atoms with Gasteiger partial charge in [-0.1, -0.05) is 12.2 Å². The summed E-state index contributed by atoms with van der Waals surface area (Å²) in [6.45, 7) is 6.69. The standard InChI is InChI=1S/C12H23N3O2S/c1-2-17-12(16)15-9-7-14(8-10-15)6-4-3-5-11(13)18/h2-10H2,1H3,(H2,13,18).